The maximum absolute atomic E-state index is 11.8. The Morgan fingerprint density at radius 3 is 2.19 bits per heavy atom. The third kappa shape index (κ3) is 2.58. The molecule has 104 valence electrons. The second kappa shape index (κ2) is 5.67. The number of carbonyl (C=O) groups is 1. The molecule has 0 radical (unpaired) electrons. The number of nitrogens with zero attached hydrogens (tertiary/aromatic N) is 1. The van der Waals surface area contributed by atoms with Gasteiger partial charge in [0.2, 0.25) is 5.91 Å². The Hall–Kier alpha value is -2.81. The Kier molecular flexibility index (Phi) is 3.56. The molecule has 3 nitrogen and oxygen atoms in total. The molecule has 1 atom stereocenters. The van der Waals surface area contributed by atoms with Gasteiger partial charge in [-0.1, -0.05) is 48.5 Å². The number of anilines is 1. The molecule has 1 unspecified atom stereocenters. The summed E-state index contributed by atoms with van der Waals surface area (Å²) >= 11 is 0. The van der Waals surface area contributed by atoms with Gasteiger partial charge in [-0.3, -0.25) is 4.79 Å². The lowest BCUT2D eigenvalue weighted by atomic mass is 9.94. The lowest BCUT2D eigenvalue weighted by molar-refractivity contribution is -0.114. The van der Waals surface area contributed by atoms with Crippen molar-refractivity contribution in [3.8, 4) is 0 Å². The zero-order chi connectivity index (χ0) is 14.7. The third-order valence-corrected chi connectivity index (χ3v) is 3.55. The smallest absolute Gasteiger partial charge is 0.247 e. The molecule has 21 heavy (non-hydrogen) atoms. The van der Waals surface area contributed by atoms with Crippen LogP contribution in [0.25, 0.3) is 0 Å². The molecule has 1 amide bonds. The first-order valence-electron chi connectivity index (χ1n) is 6.84. The van der Waals surface area contributed by atoms with Crippen LogP contribution >= 0.6 is 0 Å². The van der Waals surface area contributed by atoms with Crippen LogP contribution in [0.2, 0.25) is 0 Å². The van der Waals surface area contributed by atoms with Gasteiger partial charge in [-0.15, -0.1) is 0 Å². The Morgan fingerprint density at radius 2 is 1.57 bits per heavy atom. The lowest BCUT2D eigenvalue weighted by Crippen LogP contribution is -2.32. The van der Waals surface area contributed by atoms with E-state index in [0.29, 0.717) is 5.57 Å². The quantitative estimate of drug-likeness (QED) is 0.936. The van der Waals surface area contributed by atoms with Gasteiger partial charge < -0.3 is 10.6 Å². The van der Waals surface area contributed by atoms with Crippen LogP contribution in [-0.4, -0.2) is 5.91 Å². The van der Waals surface area contributed by atoms with E-state index >= 15 is 0 Å². The standard InChI is InChI=1S/C18H16N2O/c19-18(21)16-12-7-13-20(15-10-5-2-6-11-15)17(16)14-8-3-1-4-9-14/h1-13,17H,(H2,19,21). The van der Waals surface area contributed by atoms with Crippen molar-refractivity contribution in [3.05, 3.63) is 90.2 Å². The molecule has 0 aliphatic carbocycles. The van der Waals surface area contributed by atoms with Crippen molar-refractivity contribution in [1.82, 2.24) is 0 Å². The average Bonchev–Trinajstić information content (AvgIpc) is 2.55. The Labute approximate surface area is 124 Å². The van der Waals surface area contributed by atoms with Crippen molar-refractivity contribution in [3.63, 3.8) is 0 Å². The molecule has 2 aromatic carbocycles. The van der Waals surface area contributed by atoms with Gasteiger partial charge >= 0.3 is 0 Å². The van der Waals surface area contributed by atoms with Crippen LogP contribution in [0.4, 0.5) is 5.69 Å². The molecule has 0 saturated carbocycles. The molecule has 0 fully saturated rings. The van der Waals surface area contributed by atoms with Crippen LogP contribution in [0.5, 0.6) is 0 Å². The summed E-state index contributed by atoms with van der Waals surface area (Å²) in [5.74, 6) is -0.394. The SMILES string of the molecule is NC(=O)C1=CC=CN(c2ccccc2)C1c1ccccc1. The van der Waals surface area contributed by atoms with E-state index in [-0.39, 0.29) is 6.04 Å². The number of allylic oxidation sites excluding steroid dienone is 2. The minimum Gasteiger partial charge on any atom is -0.366 e. The number of rotatable bonds is 3. The van der Waals surface area contributed by atoms with Crippen LogP contribution in [0.3, 0.4) is 0 Å². The summed E-state index contributed by atoms with van der Waals surface area (Å²) in [4.78, 5) is 13.9. The summed E-state index contributed by atoms with van der Waals surface area (Å²) in [5, 5.41) is 0. The van der Waals surface area contributed by atoms with Crippen molar-refractivity contribution >= 4 is 11.6 Å². The van der Waals surface area contributed by atoms with Crippen molar-refractivity contribution in [2.24, 2.45) is 5.73 Å². The van der Waals surface area contributed by atoms with Gasteiger partial charge in [0.15, 0.2) is 0 Å². The van der Waals surface area contributed by atoms with E-state index in [0.717, 1.165) is 11.3 Å². The first-order valence-corrected chi connectivity index (χ1v) is 6.84. The van der Waals surface area contributed by atoms with Gasteiger partial charge in [0.25, 0.3) is 0 Å². The van der Waals surface area contributed by atoms with Crippen LogP contribution in [0.15, 0.2) is 84.6 Å². The molecule has 2 N–H and O–H groups in total. The van der Waals surface area contributed by atoms with Crippen molar-refractivity contribution < 1.29 is 4.79 Å². The first-order chi connectivity index (χ1) is 10.3. The molecule has 3 rings (SSSR count). The molecule has 1 aliphatic rings. The zero-order valence-electron chi connectivity index (χ0n) is 11.5. The number of hydrogen-bond acceptors (Lipinski definition) is 2. The zero-order valence-corrected chi connectivity index (χ0v) is 11.5. The van der Waals surface area contributed by atoms with Gasteiger partial charge in [0.05, 0.1) is 6.04 Å². The molecule has 0 bridgehead atoms. The van der Waals surface area contributed by atoms with Gasteiger partial charge in [0.1, 0.15) is 0 Å². The summed E-state index contributed by atoms with van der Waals surface area (Å²) in [5.41, 5.74) is 8.22. The van der Waals surface area contributed by atoms with E-state index < -0.39 is 5.91 Å². The predicted octanol–water partition coefficient (Wildman–Crippen LogP) is 3.17. The third-order valence-electron chi connectivity index (χ3n) is 3.55. The van der Waals surface area contributed by atoms with E-state index in [4.69, 9.17) is 5.73 Å². The van der Waals surface area contributed by atoms with Crippen LogP contribution in [0.1, 0.15) is 11.6 Å². The Balaban J connectivity index is 2.09. The monoisotopic (exact) mass is 276 g/mol. The fourth-order valence-corrected chi connectivity index (χ4v) is 2.59. The average molecular weight is 276 g/mol. The minimum absolute atomic E-state index is 0.198. The number of primary amides is 1. The van der Waals surface area contributed by atoms with E-state index in [1.54, 1.807) is 6.08 Å². The van der Waals surface area contributed by atoms with Crippen molar-refractivity contribution in [1.29, 1.82) is 0 Å². The summed E-state index contributed by atoms with van der Waals surface area (Å²) < 4.78 is 0. The number of amides is 1. The first kappa shape index (κ1) is 13.2. The van der Waals surface area contributed by atoms with Crippen molar-refractivity contribution in [2.45, 2.75) is 6.04 Å². The van der Waals surface area contributed by atoms with E-state index in [1.807, 2.05) is 72.9 Å². The van der Waals surface area contributed by atoms with Crippen LogP contribution < -0.4 is 10.6 Å². The van der Waals surface area contributed by atoms with Crippen LogP contribution in [-0.2, 0) is 4.79 Å². The van der Waals surface area contributed by atoms with Crippen LogP contribution in [0, 0.1) is 0 Å². The lowest BCUT2D eigenvalue weighted by Gasteiger charge is -2.34. The normalized spacial score (nSPS) is 17.4. The highest BCUT2D eigenvalue weighted by molar-refractivity contribution is 5.95. The number of nitrogens with two attached hydrogens (primary N) is 1. The minimum atomic E-state index is -0.394. The molecule has 2 aromatic rings. The topological polar surface area (TPSA) is 46.3 Å². The number of para-hydroxylation sites is 1. The van der Waals surface area contributed by atoms with E-state index in [9.17, 15) is 4.79 Å². The highest BCUT2D eigenvalue weighted by atomic mass is 16.1. The summed E-state index contributed by atoms with van der Waals surface area (Å²) in [6.45, 7) is 0. The van der Waals surface area contributed by atoms with Gasteiger partial charge in [-0.05, 0) is 29.8 Å². The molecule has 3 heteroatoms. The molecule has 1 aliphatic heterocycles. The van der Waals surface area contributed by atoms with Crippen molar-refractivity contribution in [2.75, 3.05) is 4.90 Å². The Morgan fingerprint density at radius 1 is 0.952 bits per heavy atom. The number of benzene rings is 2. The molecular weight excluding hydrogens is 260 g/mol. The van der Waals surface area contributed by atoms with Gasteiger partial charge in [-0.25, -0.2) is 0 Å². The Bertz CT molecular complexity index is 690. The summed E-state index contributed by atoms with van der Waals surface area (Å²) in [7, 11) is 0. The highest BCUT2D eigenvalue weighted by Gasteiger charge is 2.28. The molecule has 1 heterocycles. The highest BCUT2D eigenvalue weighted by Crippen LogP contribution is 2.35. The second-order valence-corrected chi connectivity index (χ2v) is 4.88. The fourth-order valence-electron chi connectivity index (χ4n) is 2.59. The maximum atomic E-state index is 11.8. The molecular formula is C18H16N2O. The molecule has 0 spiro atoms. The molecule has 0 aromatic heterocycles. The summed E-state index contributed by atoms with van der Waals surface area (Å²) in [6, 6.07) is 19.7. The van der Waals surface area contributed by atoms with Gasteiger partial charge in [-0.2, -0.15) is 0 Å². The number of hydrogen-bond donors (Lipinski definition) is 1. The van der Waals surface area contributed by atoms with E-state index in [2.05, 4.69) is 4.90 Å². The molecule has 0 saturated heterocycles. The summed E-state index contributed by atoms with van der Waals surface area (Å²) in [6.07, 6.45) is 5.62. The fraction of sp³-hybridized carbons (Fsp3) is 0.0556. The maximum Gasteiger partial charge on any atom is 0.247 e. The second-order valence-electron chi connectivity index (χ2n) is 4.88. The van der Waals surface area contributed by atoms with E-state index in [1.165, 1.54) is 0 Å². The largest absolute Gasteiger partial charge is 0.366 e. The van der Waals surface area contributed by atoms with Gasteiger partial charge in [0, 0.05) is 17.5 Å². The predicted molar refractivity (Wildman–Crippen MR) is 84.5 cm³/mol. The number of carbonyl (C=O) groups excluding carboxylic acids is 1.